The number of amides is 1. The molecule has 0 spiro atoms. The smallest absolute Gasteiger partial charge is 0.271 e. The van der Waals surface area contributed by atoms with Gasteiger partial charge in [-0.15, -0.1) is 0 Å². The summed E-state index contributed by atoms with van der Waals surface area (Å²) in [6.45, 7) is 5.35. The van der Waals surface area contributed by atoms with Crippen molar-refractivity contribution in [3.05, 3.63) is 83.1 Å². The first-order valence-electron chi connectivity index (χ1n) is 11.7. The first kappa shape index (κ1) is 24.8. The molecule has 194 valence electrons. The Balaban J connectivity index is 1.46. The van der Waals surface area contributed by atoms with Crippen molar-refractivity contribution in [3.63, 3.8) is 0 Å². The predicted molar refractivity (Wildman–Crippen MR) is 129 cm³/mol. The lowest BCUT2D eigenvalue weighted by Crippen LogP contribution is -2.58. The Labute approximate surface area is 212 Å². The van der Waals surface area contributed by atoms with Crippen LogP contribution in [0.5, 0.6) is 5.75 Å². The Morgan fingerprint density at radius 1 is 1.16 bits per heavy atom. The van der Waals surface area contributed by atoms with E-state index in [1.165, 1.54) is 18.2 Å². The second kappa shape index (κ2) is 9.24. The predicted octanol–water partition coefficient (Wildman–Crippen LogP) is 3.64. The van der Waals surface area contributed by atoms with Crippen molar-refractivity contribution in [2.75, 3.05) is 13.2 Å². The maximum Gasteiger partial charge on any atom is 0.271 e. The van der Waals surface area contributed by atoms with Crippen molar-refractivity contribution < 1.29 is 27.8 Å². The zero-order valence-corrected chi connectivity index (χ0v) is 20.9. The van der Waals surface area contributed by atoms with Crippen LogP contribution in [-0.2, 0) is 28.7 Å². The fraction of sp³-hybridized carbons (Fsp3) is 0.346. The number of hydrogen-bond donors (Lipinski definition) is 1. The first-order valence-corrected chi connectivity index (χ1v) is 11.7. The maximum atomic E-state index is 14.1. The third kappa shape index (κ3) is 4.67. The van der Waals surface area contributed by atoms with Gasteiger partial charge < -0.3 is 19.5 Å². The number of rotatable bonds is 6. The third-order valence-corrected chi connectivity index (χ3v) is 6.38. The van der Waals surface area contributed by atoms with Gasteiger partial charge in [0.15, 0.2) is 17.2 Å². The number of aromatic nitrogens is 4. The average molecular weight is 512 g/mol. The first-order chi connectivity index (χ1) is 17.6. The van der Waals surface area contributed by atoms with Gasteiger partial charge in [0.25, 0.3) is 5.91 Å². The van der Waals surface area contributed by atoms with Gasteiger partial charge in [-0.2, -0.15) is 5.10 Å². The molecule has 1 aliphatic heterocycles. The molecule has 0 atom stereocenters. The number of carbonyl (C=O) groups is 1. The number of imidazole rings is 1. The van der Waals surface area contributed by atoms with Gasteiger partial charge in [-0.25, -0.2) is 13.8 Å². The number of benzene rings is 1. The molecular formula is C26H27F2N5O4. The molecule has 1 saturated heterocycles. The summed E-state index contributed by atoms with van der Waals surface area (Å²) < 4.78 is 48.9. The Morgan fingerprint density at radius 3 is 2.51 bits per heavy atom. The van der Waals surface area contributed by atoms with Crippen LogP contribution in [0.3, 0.4) is 0 Å². The molecule has 1 aromatic carbocycles. The van der Waals surface area contributed by atoms with Crippen LogP contribution in [0.1, 0.15) is 41.2 Å². The summed E-state index contributed by atoms with van der Waals surface area (Å²) >= 11 is 0. The molecule has 4 aromatic rings. The molecule has 9 nitrogen and oxygen atoms in total. The fourth-order valence-electron chi connectivity index (χ4n) is 4.30. The van der Waals surface area contributed by atoms with Crippen LogP contribution < -0.4 is 10.1 Å². The highest BCUT2D eigenvalue weighted by atomic mass is 19.1. The summed E-state index contributed by atoms with van der Waals surface area (Å²) in [5, 5.41) is 7.33. The van der Waals surface area contributed by atoms with Gasteiger partial charge in [0.2, 0.25) is 0 Å². The van der Waals surface area contributed by atoms with Crippen LogP contribution in [0.4, 0.5) is 8.78 Å². The molecule has 37 heavy (non-hydrogen) atoms. The van der Waals surface area contributed by atoms with E-state index in [0.29, 0.717) is 11.3 Å². The topological polar surface area (TPSA) is 91.9 Å². The van der Waals surface area contributed by atoms with Crippen molar-refractivity contribution in [1.82, 2.24) is 24.5 Å². The SMILES string of the molecule is Cc1nc2c(OCc3c(F)cccc3F)cccn2c1C(=O)NC1(c2cnn(C)c2)COC(C)(C)OC1. The molecule has 0 bridgehead atoms. The minimum atomic E-state index is -0.978. The molecule has 0 saturated carbocycles. The number of aryl methyl sites for hydroxylation is 2. The van der Waals surface area contributed by atoms with E-state index in [4.69, 9.17) is 14.2 Å². The Kier molecular flexibility index (Phi) is 6.20. The number of nitrogens with one attached hydrogen (secondary N) is 1. The van der Waals surface area contributed by atoms with Crippen LogP contribution in [0, 0.1) is 18.6 Å². The van der Waals surface area contributed by atoms with E-state index in [1.807, 2.05) is 13.8 Å². The Hall–Kier alpha value is -3.83. The van der Waals surface area contributed by atoms with E-state index >= 15 is 0 Å². The lowest BCUT2D eigenvalue weighted by molar-refractivity contribution is -0.272. The lowest BCUT2D eigenvalue weighted by Gasteiger charge is -2.43. The van der Waals surface area contributed by atoms with E-state index < -0.39 is 28.9 Å². The molecule has 0 unspecified atom stereocenters. The summed E-state index contributed by atoms with van der Waals surface area (Å²) in [4.78, 5) is 18.2. The van der Waals surface area contributed by atoms with Crippen molar-refractivity contribution in [1.29, 1.82) is 0 Å². The van der Waals surface area contributed by atoms with Gasteiger partial charge in [0, 0.05) is 25.0 Å². The summed E-state index contributed by atoms with van der Waals surface area (Å²) in [7, 11) is 1.79. The zero-order chi connectivity index (χ0) is 26.4. The minimum absolute atomic E-state index is 0.176. The molecular weight excluding hydrogens is 484 g/mol. The number of nitrogens with zero attached hydrogens (tertiary/aromatic N) is 4. The van der Waals surface area contributed by atoms with E-state index in [-0.39, 0.29) is 36.8 Å². The zero-order valence-electron chi connectivity index (χ0n) is 20.9. The summed E-state index contributed by atoms with van der Waals surface area (Å²) in [5.74, 6) is -2.32. The van der Waals surface area contributed by atoms with Crippen molar-refractivity contribution >= 4 is 11.6 Å². The normalized spacial score (nSPS) is 16.6. The van der Waals surface area contributed by atoms with Gasteiger partial charge in [-0.3, -0.25) is 13.9 Å². The number of ether oxygens (including phenoxy) is 3. The quantitative estimate of drug-likeness (QED) is 0.425. The highest BCUT2D eigenvalue weighted by Crippen LogP contribution is 2.32. The molecule has 0 aliphatic carbocycles. The summed E-state index contributed by atoms with van der Waals surface area (Å²) in [6, 6.07) is 6.93. The number of pyridine rings is 1. The van der Waals surface area contributed by atoms with Crippen LogP contribution in [-0.4, -0.2) is 44.1 Å². The average Bonchev–Trinajstić information content (AvgIpc) is 3.43. The van der Waals surface area contributed by atoms with E-state index in [1.54, 1.807) is 53.8 Å². The van der Waals surface area contributed by atoms with Gasteiger partial charge in [-0.05, 0) is 45.0 Å². The van der Waals surface area contributed by atoms with Gasteiger partial charge in [0.1, 0.15) is 29.5 Å². The molecule has 5 rings (SSSR count). The van der Waals surface area contributed by atoms with Crippen LogP contribution in [0.25, 0.3) is 5.65 Å². The standard InChI is InChI=1S/C26H27F2N5O4/c1-16-22(24(34)31-26(17-11-29-32(4)12-17)14-36-25(2,3)37-15-26)33-10-6-9-21(23(33)30-16)35-13-18-19(27)7-5-8-20(18)28/h5-12H,13-15H2,1-4H3,(H,31,34). The van der Waals surface area contributed by atoms with E-state index in [0.717, 1.165) is 5.56 Å². The number of fused-ring (bicyclic) bond motifs is 1. The molecule has 1 fully saturated rings. The maximum absolute atomic E-state index is 14.1. The molecule has 3 aromatic heterocycles. The fourth-order valence-corrected chi connectivity index (χ4v) is 4.30. The minimum Gasteiger partial charge on any atom is -0.485 e. The highest BCUT2D eigenvalue weighted by Gasteiger charge is 2.44. The second-order valence-corrected chi connectivity index (χ2v) is 9.52. The van der Waals surface area contributed by atoms with Crippen molar-refractivity contribution in [3.8, 4) is 5.75 Å². The van der Waals surface area contributed by atoms with Crippen LogP contribution in [0.2, 0.25) is 0 Å². The van der Waals surface area contributed by atoms with Gasteiger partial charge in [0.05, 0.1) is 30.7 Å². The van der Waals surface area contributed by atoms with Crippen molar-refractivity contribution in [2.24, 2.45) is 7.05 Å². The Bertz CT molecular complexity index is 1450. The Morgan fingerprint density at radius 2 is 1.86 bits per heavy atom. The van der Waals surface area contributed by atoms with Crippen molar-refractivity contribution in [2.45, 2.75) is 38.7 Å². The highest BCUT2D eigenvalue weighted by molar-refractivity contribution is 5.95. The van der Waals surface area contributed by atoms with Crippen LogP contribution in [0.15, 0.2) is 48.9 Å². The summed E-state index contributed by atoms with van der Waals surface area (Å²) in [5.41, 5.74) is 0.643. The number of hydrogen-bond acceptors (Lipinski definition) is 6. The second-order valence-electron chi connectivity index (χ2n) is 9.52. The van der Waals surface area contributed by atoms with Gasteiger partial charge in [-0.1, -0.05) is 6.07 Å². The molecule has 11 heteroatoms. The molecule has 0 radical (unpaired) electrons. The lowest BCUT2D eigenvalue weighted by atomic mass is 9.92. The van der Waals surface area contributed by atoms with Crippen LogP contribution >= 0.6 is 0 Å². The largest absolute Gasteiger partial charge is 0.485 e. The monoisotopic (exact) mass is 511 g/mol. The molecule has 4 heterocycles. The number of halogens is 2. The van der Waals surface area contributed by atoms with E-state index in [2.05, 4.69) is 15.4 Å². The summed E-state index contributed by atoms with van der Waals surface area (Å²) in [6.07, 6.45) is 5.15. The molecule has 1 N–H and O–H groups in total. The number of carbonyl (C=O) groups excluding carboxylic acids is 1. The van der Waals surface area contributed by atoms with E-state index in [9.17, 15) is 13.6 Å². The third-order valence-electron chi connectivity index (χ3n) is 6.38. The van der Waals surface area contributed by atoms with Gasteiger partial charge >= 0.3 is 0 Å². The molecule has 1 amide bonds. The molecule has 1 aliphatic rings.